The van der Waals surface area contributed by atoms with E-state index in [1.54, 1.807) is 24.3 Å². The summed E-state index contributed by atoms with van der Waals surface area (Å²) < 4.78 is 0. The maximum absolute atomic E-state index is 12.3. The van der Waals surface area contributed by atoms with Crippen LogP contribution in [0.3, 0.4) is 0 Å². The maximum Gasteiger partial charge on any atom is 0.326 e. The lowest BCUT2D eigenvalue weighted by Crippen LogP contribution is -2.41. The summed E-state index contributed by atoms with van der Waals surface area (Å²) in [7, 11) is 0. The molecule has 0 bridgehead atoms. The molecule has 0 aliphatic rings. The molecule has 0 radical (unpaired) electrons. The zero-order valence-corrected chi connectivity index (χ0v) is 12.1. The van der Waals surface area contributed by atoms with Crippen LogP contribution >= 0.6 is 0 Å². The number of carboxylic acids is 1. The molecule has 2 rings (SSSR count). The molecule has 0 spiro atoms. The Balaban J connectivity index is 2.22. The van der Waals surface area contributed by atoms with Crippen molar-refractivity contribution in [3.63, 3.8) is 0 Å². The predicted molar refractivity (Wildman–Crippen MR) is 80.5 cm³/mol. The Hall–Kier alpha value is -2.76. The number of carboxylic acid groups (broad SMARTS) is 1. The van der Waals surface area contributed by atoms with Gasteiger partial charge in [-0.05, 0) is 25.5 Å². The number of nitrogens with one attached hydrogen (secondary N) is 1. The number of hydrogen-bond acceptors (Lipinski definition) is 4. The Kier molecular flexibility index (Phi) is 4.83. The van der Waals surface area contributed by atoms with Crippen LogP contribution in [-0.2, 0) is 9.59 Å². The molecule has 0 unspecified atom stereocenters. The number of nitrogens with zero attached hydrogens (tertiary/aromatic N) is 1. The first-order valence-electron chi connectivity index (χ1n) is 6.86. The number of para-hydroxylation sites is 1. The maximum atomic E-state index is 12.3. The summed E-state index contributed by atoms with van der Waals surface area (Å²) in [5.41, 5.74) is 1.02. The van der Waals surface area contributed by atoms with Crippen LogP contribution in [-0.4, -0.2) is 33.8 Å². The smallest absolute Gasteiger partial charge is 0.326 e. The van der Waals surface area contributed by atoms with Gasteiger partial charge < -0.3 is 15.2 Å². The number of fused-ring (bicyclic) bond motifs is 1. The Morgan fingerprint density at radius 3 is 2.64 bits per heavy atom. The van der Waals surface area contributed by atoms with E-state index in [0.29, 0.717) is 16.5 Å². The van der Waals surface area contributed by atoms with Gasteiger partial charge in [-0.15, -0.1) is 0 Å². The summed E-state index contributed by atoms with van der Waals surface area (Å²) in [6.45, 7) is 1.39. The summed E-state index contributed by atoms with van der Waals surface area (Å²) in [4.78, 5) is 38.7. The monoisotopic (exact) mass is 300 g/mol. The van der Waals surface area contributed by atoms with Crippen LogP contribution in [0.25, 0.3) is 10.9 Å². The first kappa shape index (κ1) is 15.6. The lowest BCUT2D eigenvalue weighted by atomic mass is 10.1. The third-order valence-corrected chi connectivity index (χ3v) is 3.28. The molecule has 1 heterocycles. The van der Waals surface area contributed by atoms with Crippen molar-refractivity contribution < 1.29 is 19.5 Å². The van der Waals surface area contributed by atoms with Crippen LogP contribution in [0.5, 0.6) is 0 Å². The van der Waals surface area contributed by atoms with Gasteiger partial charge in [0.05, 0.1) is 11.1 Å². The van der Waals surface area contributed by atoms with E-state index in [9.17, 15) is 14.4 Å². The fourth-order valence-electron chi connectivity index (χ4n) is 2.13. The standard InChI is InChI=1S/C16H16N2O4/c1-10(19)6-7-14(16(21)22)18-15(20)12-8-9-17-13-5-3-2-4-11(12)13/h2-5,8-9,14H,6-7H2,1H3,(H,18,20)(H,21,22)/t14-/m1/s1. The summed E-state index contributed by atoms with van der Waals surface area (Å²) in [5.74, 6) is -1.77. The number of amides is 1. The molecule has 1 aromatic carbocycles. The van der Waals surface area contributed by atoms with Crippen LogP contribution in [0.1, 0.15) is 30.1 Å². The van der Waals surface area contributed by atoms with E-state index in [0.717, 1.165) is 0 Å². The molecule has 0 fully saturated rings. The Labute approximate surface area is 127 Å². The van der Waals surface area contributed by atoms with Crippen molar-refractivity contribution in [1.29, 1.82) is 0 Å². The first-order valence-corrected chi connectivity index (χ1v) is 6.86. The van der Waals surface area contributed by atoms with Gasteiger partial charge in [0.1, 0.15) is 11.8 Å². The minimum Gasteiger partial charge on any atom is -0.480 e. The van der Waals surface area contributed by atoms with Crippen molar-refractivity contribution in [3.05, 3.63) is 42.1 Å². The summed E-state index contributed by atoms with van der Waals surface area (Å²) in [6.07, 6.45) is 1.68. The number of Topliss-reactive ketones (excluding diaryl/α,β-unsaturated/α-hetero) is 1. The lowest BCUT2D eigenvalue weighted by molar-refractivity contribution is -0.139. The second-order valence-corrected chi connectivity index (χ2v) is 4.98. The number of carbonyl (C=O) groups excluding carboxylic acids is 2. The van der Waals surface area contributed by atoms with Gasteiger partial charge in [-0.1, -0.05) is 18.2 Å². The number of aromatic nitrogens is 1. The molecule has 0 saturated heterocycles. The zero-order valence-electron chi connectivity index (χ0n) is 12.1. The van der Waals surface area contributed by atoms with Crippen molar-refractivity contribution in [2.45, 2.75) is 25.8 Å². The zero-order chi connectivity index (χ0) is 16.1. The minimum absolute atomic E-state index is 0.0689. The fraction of sp³-hybridized carbons (Fsp3) is 0.250. The SMILES string of the molecule is CC(=O)CC[C@@H](NC(=O)c1ccnc2ccccc12)C(=O)O. The Morgan fingerprint density at radius 1 is 1.23 bits per heavy atom. The number of pyridine rings is 1. The number of benzene rings is 1. The summed E-state index contributed by atoms with van der Waals surface area (Å²) >= 11 is 0. The molecule has 2 N–H and O–H groups in total. The molecule has 0 aliphatic heterocycles. The topological polar surface area (TPSA) is 96.4 Å². The first-order chi connectivity index (χ1) is 10.5. The average Bonchev–Trinajstić information content (AvgIpc) is 2.50. The van der Waals surface area contributed by atoms with Crippen molar-refractivity contribution in [1.82, 2.24) is 10.3 Å². The van der Waals surface area contributed by atoms with Crippen molar-refractivity contribution in [3.8, 4) is 0 Å². The molecule has 0 aliphatic carbocycles. The predicted octanol–water partition coefficient (Wildman–Crippen LogP) is 1.79. The molecule has 6 heteroatoms. The van der Waals surface area contributed by atoms with Gasteiger partial charge in [-0.25, -0.2) is 4.79 Å². The molecule has 1 atom stereocenters. The van der Waals surface area contributed by atoms with E-state index in [-0.39, 0.29) is 18.6 Å². The quantitative estimate of drug-likeness (QED) is 0.847. The molecule has 2 aromatic rings. The number of aliphatic carboxylic acids is 1. The molecule has 1 amide bonds. The highest BCUT2D eigenvalue weighted by molar-refractivity contribution is 6.06. The number of carbonyl (C=O) groups is 3. The van der Waals surface area contributed by atoms with E-state index in [1.807, 2.05) is 6.07 Å². The highest BCUT2D eigenvalue weighted by atomic mass is 16.4. The highest BCUT2D eigenvalue weighted by Gasteiger charge is 2.21. The van der Waals surface area contributed by atoms with Gasteiger partial charge in [0.2, 0.25) is 0 Å². The molecule has 0 saturated carbocycles. The molecule has 114 valence electrons. The molecule has 6 nitrogen and oxygen atoms in total. The largest absolute Gasteiger partial charge is 0.480 e. The van der Waals surface area contributed by atoms with Crippen LogP contribution in [0, 0.1) is 0 Å². The van der Waals surface area contributed by atoms with Crippen LogP contribution in [0.15, 0.2) is 36.5 Å². The van der Waals surface area contributed by atoms with E-state index >= 15 is 0 Å². The summed E-state index contributed by atoms with van der Waals surface area (Å²) in [6, 6.07) is 7.57. The van der Waals surface area contributed by atoms with Gasteiger partial charge in [0, 0.05) is 18.0 Å². The second kappa shape index (κ2) is 6.80. The van der Waals surface area contributed by atoms with E-state index in [4.69, 9.17) is 5.11 Å². The average molecular weight is 300 g/mol. The van der Waals surface area contributed by atoms with Gasteiger partial charge in [0.25, 0.3) is 5.91 Å². The summed E-state index contributed by atoms with van der Waals surface area (Å²) in [5, 5.41) is 12.3. The third-order valence-electron chi connectivity index (χ3n) is 3.28. The van der Waals surface area contributed by atoms with Gasteiger partial charge in [0.15, 0.2) is 0 Å². The second-order valence-electron chi connectivity index (χ2n) is 4.98. The molecule has 22 heavy (non-hydrogen) atoms. The fourth-order valence-corrected chi connectivity index (χ4v) is 2.13. The van der Waals surface area contributed by atoms with Crippen molar-refractivity contribution >= 4 is 28.6 Å². The van der Waals surface area contributed by atoms with Crippen LogP contribution in [0.4, 0.5) is 0 Å². The minimum atomic E-state index is -1.16. The number of ketones is 1. The van der Waals surface area contributed by atoms with Gasteiger partial charge in [-0.3, -0.25) is 9.78 Å². The number of rotatable bonds is 6. The van der Waals surface area contributed by atoms with Crippen LogP contribution < -0.4 is 5.32 Å². The lowest BCUT2D eigenvalue weighted by Gasteiger charge is -2.14. The normalized spacial score (nSPS) is 11.9. The van der Waals surface area contributed by atoms with E-state index < -0.39 is 17.9 Å². The van der Waals surface area contributed by atoms with Gasteiger partial charge in [-0.2, -0.15) is 0 Å². The van der Waals surface area contributed by atoms with E-state index in [2.05, 4.69) is 10.3 Å². The Bertz CT molecular complexity index is 722. The number of hydrogen-bond donors (Lipinski definition) is 2. The molecular formula is C16H16N2O4. The van der Waals surface area contributed by atoms with Gasteiger partial charge >= 0.3 is 5.97 Å². The molecule has 1 aromatic heterocycles. The van der Waals surface area contributed by atoms with Crippen molar-refractivity contribution in [2.24, 2.45) is 0 Å². The van der Waals surface area contributed by atoms with Crippen LogP contribution in [0.2, 0.25) is 0 Å². The molecular weight excluding hydrogens is 284 g/mol. The van der Waals surface area contributed by atoms with E-state index in [1.165, 1.54) is 13.1 Å². The third kappa shape index (κ3) is 3.66. The highest BCUT2D eigenvalue weighted by Crippen LogP contribution is 2.16. The Morgan fingerprint density at radius 2 is 1.95 bits per heavy atom. The van der Waals surface area contributed by atoms with Crippen molar-refractivity contribution in [2.75, 3.05) is 0 Å².